The monoisotopic (exact) mass is 279 g/mol. The van der Waals surface area contributed by atoms with Gasteiger partial charge in [-0.1, -0.05) is 0 Å². The molecule has 1 N–H and O–H groups in total. The molecule has 0 spiro atoms. The Hall–Kier alpha value is -1.04. The van der Waals surface area contributed by atoms with Gasteiger partial charge >= 0.3 is 5.97 Å². The highest BCUT2D eigenvalue weighted by atomic mass is 79.9. The standard InChI is InChI=1S/C9H8BrF2NO2/c1-4-6(10)2-5(9(11)12)7(13-4)3-8(14)15/h2,9H,3H2,1H3,(H,14,15). The number of nitrogens with zero attached hydrogens (tertiary/aromatic N) is 1. The van der Waals surface area contributed by atoms with Crippen LogP contribution in [0, 0.1) is 6.92 Å². The summed E-state index contributed by atoms with van der Waals surface area (Å²) in [5.74, 6) is -1.17. The maximum absolute atomic E-state index is 12.5. The highest BCUT2D eigenvalue weighted by Crippen LogP contribution is 2.27. The molecule has 1 aromatic rings. The molecule has 82 valence electrons. The van der Waals surface area contributed by atoms with Crippen molar-refractivity contribution in [3.05, 3.63) is 27.5 Å². The van der Waals surface area contributed by atoms with E-state index in [4.69, 9.17) is 5.11 Å². The van der Waals surface area contributed by atoms with Crippen LogP contribution in [0.5, 0.6) is 0 Å². The van der Waals surface area contributed by atoms with E-state index in [9.17, 15) is 13.6 Å². The third-order valence-corrected chi connectivity index (χ3v) is 2.62. The van der Waals surface area contributed by atoms with Crippen molar-refractivity contribution < 1.29 is 18.7 Å². The topological polar surface area (TPSA) is 50.2 Å². The first kappa shape index (κ1) is 12.0. The van der Waals surface area contributed by atoms with Gasteiger partial charge in [0.1, 0.15) is 0 Å². The van der Waals surface area contributed by atoms with Crippen molar-refractivity contribution in [2.24, 2.45) is 0 Å². The second kappa shape index (κ2) is 4.65. The SMILES string of the molecule is Cc1nc(CC(=O)O)c(C(F)F)cc1Br. The van der Waals surface area contributed by atoms with Gasteiger partial charge in [-0.25, -0.2) is 8.78 Å². The van der Waals surface area contributed by atoms with Crippen LogP contribution in [-0.4, -0.2) is 16.1 Å². The summed E-state index contributed by atoms with van der Waals surface area (Å²) in [6, 6.07) is 1.21. The summed E-state index contributed by atoms with van der Waals surface area (Å²) in [4.78, 5) is 14.3. The van der Waals surface area contributed by atoms with Crippen LogP contribution in [0.2, 0.25) is 0 Å². The molecule has 0 saturated carbocycles. The van der Waals surface area contributed by atoms with Crippen LogP contribution in [0.4, 0.5) is 8.78 Å². The molecular weight excluding hydrogens is 272 g/mol. The van der Waals surface area contributed by atoms with Crippen molar-refractivity contribution in [2.45, 2.75) is 19.8 Å². The number of alkyl halides is 2. The molecule has 0 aromatic carbocycles. The number of hydrogen-bond acceptors (Lipinski definition) is 2. The van der Waals surface area contributed by atoms with Gasteiger partial charge in [0.2, 0.25) is 0 Å². The Labute approximate surface area is 93.3 Å². The van der Waals surface area contributed by atoms with Crippen LogP contribution >= 0.6 is 15.9 Å². The Morgan fingerprint density at radius 3 is 2.73 bits per heavy atom. The van der Waals surface area contributed by atoms with Crippen LogP contribution in [0.15, 0.2) is 10.5 Å². The van der Waals surface area contributed by atoms with Crippen LogP contribution < -0.4 is 0 Å². The number of aromatic nitrogens is 1. The van der Waals surface area contributed by atoms with Gasteiger partial charge in [0.05, 0.1) is 17.8 Å². The third-order valence-electron chi connectivity index (χ3n) is 1.82. The second-order valence-electron chi connectivity index (χ2n) is 2.96. The lowest BCUT2D eigenvalue weighted by Gasteiger charge is -2.08. The molecule has 1 aromatic heterocycles. The van der Waals surface area contributed by atoms with Gasteiger partial charge in [-0.15, -0.1) is 0 Å². The Bertz CT molecular complexity index is 396. The van der Waals surface area contributed by atoms with Crippen LogP contribution in [0.1, 0.15) is 23.4 Å². The van der Waals surface area contributed by atoms with E-state index in [0.29, 0.717) is 10.2 Å². The average molecular weight is 280 g/mol. The molecule has 0 amide bonds. The lowest BCUT2D eigenvalue weighted by molar-refractivity contribution is -0.136. The number of rotatable bonds is 3. The van der Waals surface area contributed by atoms with Gasteiger partial charge in [-0.3, -0.25) is 9.78 Å². The van der Waals surface area contributed by atoms with Gasteiger partial charge in [-0.05, 0) is 28.9 Å². The van der Waals surface area contributed by atoms with Crippen molar-refractivity contribution in [1.82, 2.24) is 4.98 Å². The molecule has 1 rings (SSSR count). The molecule has 0 aliphatic rings. The maximum atomic E-state index is 12.5. The number of carbonyl (C=O) groups is 1. The molecule has 0 aliphatic carbocycles. The number of pyridine rings is 1. The number of carboxylic acids is 1. The van der Waals surface area contributed by atoms with Crippen molar-refractivity contribution in [2.75, 3.05) is 0 Å². The summed E-state index contributed by atoms with van der Waals surface area (Å²) in [5, 5.41) is 8.54. The first-order valence-electron chi connectivity index (χ1n) is 4.07. The Balaban J connectivity index is 3.21. The highest BCUT2D eigenvalue weighted by Gasteiger charge is 2.18. The van der Waals surface area contributed by atoms with Gasteiger partial charge in [0.15, 0.2) is 0 Å². The fourth-order valence-electron chi connectivity index (χ4n) is 1.12. The molecule has 0 radical (unpaired) electrons. The van der Waals surface area contributed by atoms with E-state index < -0.39 is 18.8 Å². The van der Waals surface area contributed by atoms with Crippen molar-refractivity contribution in [1.29, 1.82) is 0 Å². The Kier molecular flexibility index (Phi) is 3.73. The molecule has 0 atom stereocenters. The molecule has 6 heteroatoms. The van der Waals surface area contributed by atoms with Crippen LogP contribution in [0.25, 0.3) is 0 Å². The first-order valence-corrected chi connectivity index (χ1v) is 4.87. The average Bonchev–Trinajstić information content (AvgIpc) is 2.09. The minimum absolute atomic E-state index is 0.0850. The lowest BCUT2D eigenvalue weighted by atomic mass is 10.1. The minimum atomic E-state index is -2.72. The summed E-state index contributed by atoms with van der Waals surface area (Å²) < 4.78 is 25.5. The fourth-order valence-corrected chi connectivity index (χ4v) is 1.45. The van der Waals surface area contributed by atoms with Gasteiger partial charge in [-0.2, -0.15) is 0 Å². The van der Waals surface area contributed by atoms with Crippen LogP contribution in [0.3, 0.4) is 0 Å². The minimum Gasteiger partial charge on any atom is -0.481 e. The van der Waals surface area contributed by atoms with E-state index >= 15 is 0 Å². The van der Waals surface area contributed by atoms with E-state index in [2.05, 4.69) is 20.9 Å². The van der Waals surface area contributed by atoms with Crippen molar-refractivity contribution >= 4 is 21.9 Å². The van der Waals surface area contributed by atoms with Gasteiger partial charge in [0.25, 0.3) is 6.43 Å². The quantitative estimate of drug-likeness (QED) is 0.926. The number of carboxylic acid groups (broad SMARTS) is 1. The summed E-state index contributed by atoms with van der Waals surface area (Å²) in [6.07, 6.45) is -3.21. The van der Waals surface area contributed by atoms with Crippen LogP contribution in [-0.2, 0) is 11.2 Å². The van der Waals surface area contributed by atoms with E-state index in [1.54, 1.807) is 6.92 Å². The summed E-state index contributed by atoms with van der Waals surface area (Å²) >= 11 is 3.07. The number of halogens is 3. The summed E-state index contributed by atoms with van der Waals surface area (Å²) in [5.41, 5.74) is 0.0729. The van der Waals surface area contributed by atoms with E-state index in [1.165, 1.54) is 6.07 Å². The predicted molar refractivity (Wildman–Crippen MR) is 53.0 cm³/mol. The predicted octanol–water partition coefficient (Wildman–Crippen LogP) is 2.72. The number of aliphatic carboxylic acids is 1. The smallest absolute Gasteiger partial charge is 0.309 e. The largest absolute Gasteiger partial charge is 0.481 e. The fraction of sp³-hybridized carbons (Fsp3) is 0.333. The van der Waals surface area contributed by atoms with E-state index in [1.807, 2.05) is 0 Å². The van der Waals surface area contributed by atoms with Gasteiger partial charge < -0.3 is 5.11 Å². The number of aryl methyl sites for hydroxylation is 1. The van der Waals surface area contributed by atoms with Crippen molar-refractivity contribution in [3.8, 4) is 0 Å². The molecular formula is C9H8BrF2NO2. The second-order valence-corrected chi connectivity index (χ2v) is 3.82. The Morgan fingerprint density at radius 1 is 1.67 bits per heavy atom. The zero-order chi connectivity index (χ0) is 11.6. The van der Waals surface area contributed by atoms with Crippen molar-refractivity contribution in [3.63, 3.8) is 0 Å². The van der Waals surface area contributed by atoms with E-state index in [0.717, 1.165) is 0 Å². The zero-order valence-electron chi connectivity index (χ0n) is 7.80. The van der Waals surface area contributed by atoms with Gasteiger partial charge in [0, 0.05) is 10.0 Å². The molecule has 0 bridgehead atoms. The molecule has 0 unspecified atom stereocenters. The maximum Gasteiger partial charge on any atom is 0.309 e. The molecule has 1 heterocycles. The van der Waals surface area contributed by atoms with E-state index in [-0.39, 0.29) is 11.3 Å². The molecule has 0 saturated heterocycles. The lowest BCUT2D eigenvalue weighted by Crippen LogP contribution is -2.08. The first-order chi connectivity index (χ1) is 6.91. The molecule has 0 aliphatic heterocycles. The molecule has 15 heavy (non-hydrogen) atoms. The normalized spacial score (nSPS) is 10.7. The summed E-state index contributed by atoms with van der Waals surface area (Å²) in [6.45, 7) is 1.62. The third kappa shape index (κ3) is 2.95. The number of hydrogen-bond donors (Lipinski definition) is 1. The molecule has 3 nitrogen and oxygen atoms in total. The highest BCUT2D eigenvalue weighted by molar-refractivity contribution is 9.10. The zero-order valence-corrected chi connectivity index (χ0v) is 9.38. The molecule has 0 fully saturated rings. The Morgan fingerprint density at radius 2 is 2.27 bits per heavy atom. The summed E-state index contributed by atoms with van der Waals surface area (Å²) in [7, 11) is 0.